The molecule has 0 spiro atoms. The zero-order valence-corrected chi connectivity index (χ0v) is 13.0. The smallest absolute Gasteiger partial charge is 0.0738 e. The molecule has 1 aromatic heterocycles. The van der Waals surface area contributed by atoms with Gasteiger partial charge in [0.15, 0.2) is 0 Å². The number of nitrogens with zero attached hydrogens (tertiary/aromatic N) is 2. The number of aromatic nitrogens is 2. The summed E-state index contributed by atoms with van der Waals surface area (Å²) in [6.07, 6.45) is 3.56. The Morgan fingerprint density at radius 3 is 2.41 bits per heavy atom. The van der Waals surface area contributed by atoms with Gasteiger partial charge in [0.25, 0.3) is 0 Å². The Bertz CT molecular complexity index is 369. The van der Waals surface area contributed by atoms with E-state index in [9.17, 15) is 0 Å². The van der Waals surface area contributed by atoms with Crippen LogP contribution in [0.25, 0.3) is 0 Å². The Kier molecular flexibility index (Phi) is 5.20. The van der Waals surface area contributed by atoms with E-state index in [4.69, 9.17) is 5.73 Å². The largest absolute Gasteiger partial charge is 0.330 e. The zero-order valence-electron chi connectivity index (χ0n) is 11.4. The molecule has 0 aliphatic heterocycles. The second-order valence-electron chi connectivity index (χ2n) is 5.53. The monoisotopic (exact) mass is 301 g/mol. The van der Waals surface area contributed by atoms with Crippen molar-refractivity contribution in [2.45, 2.75) is 53.5 Å². The van der Waals surface area contributed by atoms with E-state index >= 15 is 0 Å². The lowest BCUT2D eigenvalue weighted by atomic mass is 9.87. The maximum absolute atomic E-state index is 5.72. The fraction of sp³-hybridized carbons (Fsp3) is 0.769. The van der Waals surface area contributed by atoms with Crippen molar-refractivity contribution >= 4 is 15.9 Å². The minimum absolute atomic E-state index is 0.273. The van der Waals surface area contributed by atoms with Gasteiger partial charge < -0.3 is 5.73 Å². The fourth-order valence-corrected chi connectivity index (χ4v) is 2.14. The number of aryl methyl sites for hydroxylation is 2. The molecule has 0 unspecified atom stereocenters. The molecule has 98 valence electrons. The van der Waals surface area contributed by atoms with Gasteiger partial charge in [0.05, 0.1) is 10.2 Å². The minimum Gasteiger partial charge on any atom is -0.330 e. The Labute approximate surface area is 113 Å². The van der Waals surface area contributed by atoms with Crippen molar-refractivity contribution < 1.29 is 0 Å². The third-order valence-electron chi connectivity index (χ3n) is 3.32. The summed E-state index contributed by atoms with van der Waals surface area (Å²) < 4.78 is 3.23. The van der Waals surface area contributed by atoms with Crippen LogP contribution in [0.1, 0.15) is 44.5 Å². The van der Waals surface area contributed by atoms with Gasteiger partial charge in [-0.1, -0.05) is 20.3 Å². The number of hydrogen-bond donors (Lipinski definition) is 1. The van der Waals surface area contributed by atoms with Crippen LogP contribution in [0.2, 0.25) is 0 Å². The average molecular weight is 302 g/mol. The van der Waals surface area contributed by atoms with Crippen molar-refractivity contribution in [2.24, 2.45) is 11.1 Å². The summed E-state index contributed by atoms with van der Waals surface area (Å²) in [5.41, 5.74) is 8.29. The summed E-state index contributed by atoms with van der Waals surface area (Å²) in [5.74, 6) is 0. The van der Waals surface area contributed by atoms with Crippen molar-refractivity contribution in [3.63, 3.8) is 0 Å². The van der Waals surface area contributed by atoms with E-state index in [0.29, 0.717) is 0 Å². The first-order chi connectivity index (χ1) is 7.87. The van der Waals surface area contributed by atoms with Crippen LogP contribution in [0.5, 0.6) is 0 Å². The van der Waals surface area contributed by atoms with Crippen molar-refractivity contribution in [1.29, 1.82) is 0 Å². The molecule has 1 heterocycles. The normalized spacial score (nSPS) is 12.1. The van der Waals surface area contributed by atoms with Gasteiger partial charge in [-0.25, -0.2) is 0 Å². The number of unbranched alkanes of at least 4 members (excludes halogenated alkanes) is 1. The molecule has 1 aromatic rings. The van der Waals surface area contributed by atoms with Gasteiger partial charge in [-0.05, 0) is 54.6 Å². The molecule has 17 heavy (non-hydrogen) atoms. The third-order valence-corrected chi connectivity index (χ3v) is 4.47. The Morgan fingerprint density at radius 2 is 1.94 bits per heavy atom. The summed E-state index contributed by atoms with van der Waals surface area (Å²) >= 11 is 3.55. The molecular formula is C13H24BrN3. The highest BCUT2D eigenvalue weighted by Crippen LogP contribution is 2.23. The second kappa shape index (κ2) is 6.01. The van der Waals surface area contributed by atoms with E-state index < -0.39 is 0 Å². The summed E-state index contributed by atoms with van der Waals surface area (Å²) in [7, 11) is 0. The summed E-state index contributed by atoms with van der Waals surface area (Å²) in [5, 5.41) is 4.51. The fourth-order valence-electron chi connectivity index (χ4n) is 1.86. The highest BCUT2D eigenvalue weighted by Gasteiger charge is 2.14. The number of halogens is 1. The topological polar surface area (TPSA) is 43.8 Å². The van der Waals surface area contributed by atoms with E-state index in [1.807, 2.05) is 6.92 Å². The van der Waals surface area contributed by atoms with E-state index in [2.05, 4.69) is 46.5 Å². The molecule has 1 rings (SSSR count). The first-order valence-corrected chi connectivity index (χ1v) is 7.06. The predicted molar refractivity (Wildman–Crippen MR) is 76.1 cm³/mol. The van der Waals surface area contributed by atoms with Crippen LogP contribution >= 0.6 is 15.9 Å². The van der Waals surface area contributed by atoms with Crippen LogP contribution in [0.4, 0.5) is 0 Å². The van der Waals surface area contributed by atoms with Gasteiger partial charge >= 0.3 is 0 Å². The van der Waals surface area contributed by atoms with Crippen molar-refractivity contribution in [1.82, 2.24) is 9.78 Å². The van der Waals surface area contributed by atoms with Gasteiger partial charge in [-0.15, -0.1) is 0 Å². The molecule has 4 heteroatoms. The average Bonchev–Trinajstić information content (AvgIpc) is 2.52. The van der Waals surface area contributed by atoms with Crippen LogP contribution in [0.15, 0.2) is 4.47 Å². The van der Waals surface area contributed by atoms with Gasteiger partial charge in [0.2, 0.25) is 0 Å². The van der Waals surface area contributed by atoms with Crippen LogP contribution in [-0.2, 0) is 6.54 Å². The molecule has 0 aliphatic carbocycles. The SMILES string of the molecule is Cc1nn(CCCCC(C)(C)CN)c(C)c1Br. The van der Waals surface area contributed by atoms with Crippen molar-refractivity contribution in [3.05, 3.63) is 15.9 Å². The molecule has 0 fully saturated rings. The Hall–Kier alpha value is -0.350. The molecule has 0 saturated carbocycles. The van der Waals surface area contributed by atoms with Crippen LogP contribution < -0.4 is 5.73 Å². The molecule has 0 bridgehead atoms. The standard InChI is InChI=1S/C13H24BrN3/c1-10-12(14)11(2)17(16-10)8-6-5-7-13(3,4)9-15/h5-9,15H2,1-4H3. The summed E-state index contributed by atoms with van der Waals surface area (Å²) in [4.78, 5) is 0. The second-order valence-corrected chi connectivity index (χ2v) is 6.33. The molecule has 0 aliphatic rings. The van der Waals surface area contributed by atoms with Gasteiger partial charge in [0, 0.05) is 12.2 Å². The third kappa shape index (κ3) is 4.11. The van der Waals surface area contributed by atoms with E-state index in [1.165, 1.54) is 18.5 Å². The number of rotatable bonds is 6. The predicted octanol–water partition coefficient (Wildman–Crippen LogP) is 3.42. The van der Waals surface area contributed by atoms with Crippen LogP contribution in [0.3, 0.4) is 0 Å². The quantitative estimate of drug-likeness (QED) is 0.818. The highest BCUT2D eigenvalue weighted by atomic mass is 79.9. The molecular weight excluding hydrogens is 278 g/mol. The molecule has 3 nitrogen and oxygen atoms in total. The lowest BCUT2D eigenvalue weighted by Gasteiger charge is -2.21. The molecule has 0 aromatic carbocycles. The van der Waals surface area contributed by atoms with E-state index in [1.54, 1.807) is 0 Å². The maximum atomic E-state index is 5.72. The first-order valence-electron chi connectivity index (χ1n) is 6.27. The Balaban J connectivity index is 2.39. The lowest BCUT2D eigenvalue weighted by molar-refractivity contribution is 0.327. The molecule has 2 N–H and O–H groups in total. The van der Waals surface area contributed by atoms with Crippen LogP contribution in [-0.4, -0.2) is 16.3 Å². The van der Waals surface area contributed by atoms with Gasteiger partial charge in [-0.2, -0.15) is 5.10 Å². The summed E-state index contributed by atoms with van der Waals surface area (Å²) in [6, 6.07) is 0. The van der Waals surface area contributed by atoms with E-state index in [0.717, 1.165) is 29.7 Å². The summed E-state index contributed by atoms with van der Waals surface area (Å²) in [6.45, 7) is 10.4. The van der Waals surface area contributed by atoms with Crippen LogP contribution in [0, 0.1) is 19.3 Å². The van der Waals surface area contributed by atoms with Gasteiger partial charge in [-0.3, -0.25) is 4.68 Å². The van der Waals surface area contributed by atoms with Crippen molar-refractivity contribution in [3.8, 4) is 0 Å². The van der Waals surface area contributed by atoms with Gasteiger partial charge in [0.1, 0.15) is 0 Å². The maximum Gasteiger partial charge on any atom is 0.0738 e. The first kappa shape index (κ1) is 14.7. The zero-order chi connectivity index (χ0) is 13.1. The molecule has 0 radical (unpaired) electrons. The minimum atomic E-state index is 0.273. The lowest BCUT2D eigenvalue weighted by Crippen LogP contribution is -2.23. The molecule has 0 saturated heterocycles. The molecule has 0 amide bonds. The number of hydrogen-bond acceptors (Lipinski definition) is 2. The van der Waals surface area contributed by atoms with Crippen molar-refractivity contribution in [2.75, 3.05) is 6.54 Å². The number of nitrogens with two attached hydrogens (primary N) is 1. The van der Waals surface area contributed by atoms with E-state index in [-0.39, 0.29) is 5.41 Å². The molecule has 0 atom stereocenters. The highest BCUT2D eigenvalue weighted by molar-refractivity contribution is 9.10. The Morgan fingerprint density at radius 1 is 1.29 bits per heavy atom.